The van der Waals surface area contributed by atoms with Crippen LogP contribution in [-0.4, -0.2) is 14.5 Å². The van der Waals surface area contributed by atoms with E-state index in [4.69, 9.17) is 9.97 Å². The first-order valence-corrected chi connectivity index (χ1v) is 23.5. The third-order valence-electron chi connectivity index (χ3n) is 14.2. The van der Waals surface area contributed by atoms with E-state index in [9.17, 15) is 0 Å². The molecule has 0 saturated heterocycles. The molecule has 0 aliphatic heterocycles. The van der Waals surface area contributed by atoms with Gasteiger partial charge in [0.1, 0.15) is 0 Å². The largest absolute Gasteiger partial charge is 0.309 e. The summed E-state index contributed by atoms with van der Waals surface area (Å²) in [6.45, 7) is 4.72. The van der Waals surface area contributed by atoms with E-state index in [-0.39, 0.29) is 5.41 Å². The van der Waals surface area contributed by atoms with Crippen LogP contribution in [0.4, 0.5) is 0 Å². The number of nitrogens with zero attached hydrogens (tertiary/aromatic N) is 3. The Kier molecular flexibility index (Phi) is 9.19. The predicted octanol–water partition coefficient (Wildman–Crippen LogP) is 17.0. The van der Waals surface area contributed by atoms with Gasteiger partial charge in [-0.1, -0.05) is 208 Å². The number of hydrogen-bond donors (Lipinski definition) is 0. The molecular weight excluding hydrogens is 823 g/mol. The fraction of sp³-hybridized carbons (Fsp3) is 0.0462. The van der Waals surface area contributed by atoms with Crippen LogP contribution in [0.3, 0.4) is 0 Å². The van der Waals surface area contributed by atoms with Crippen LogP contribution in [0.15, 0.2) is 237 Å². The third kappa shape index (κ3) is 6.42. The highest BCUT2D eigenvalue weighted by atomic mass is 15.0. The van der Waals surface area contributed by atoms with Gasteiger partial charge in [-0.2, -0.15) is 0 Å². The first-order valence-electron chi connectivity index (χ1n) is 23.5. The molecule has 2 aromatic heterocycles. The molecule has 1 aliphatic rings. The van der Waals surface area contributed by atoms with Crippen molar-refractivity contribution in [3.05, 3.63) is 248 Å². The highest BCUT2D eigenvalue weighted by Gasteiger charge is 2.37. The molecular formula is C65H45N3. The molecule has 3 nitrogen and oxygen atoms in total. The van der Waals surface area contributed by atoms with Gasteiger partial charge in [0, 0.05) is 38.4 Å². The summed E-state index contributed by atoms with van der Waals surface area (Å²) >= 11 is 0. The molecule has 0 atom stereocenters. The molecule has 0 fully saturated rings. The maximum absolute atomic E-state index is 5.32. The van der Waals surface area contributed by atoms with Gasteiger partial charge in [0.05, 0.1) is 28.1 Å². The average molecular weight is 868 g/mol. The predicted molar refractivity (Wildman–Crippen MR) is 284 cm³/mol. The zero-order valence-corrected chi connectivity index (χ0v) is 37.9. The SMILES string of the molecule is CC1(C)c2cc3ccccc3cc2-c2c(-c3cccc(-c4cc(-c5ccccc5-c5ccc(-c6ccccc6-n6c7ccccc7c7ccccc76)cc5)nc(-c5ccccc5)n4)c3)cccc21. The maximum atomic E-state index is 5.32. The minimum atomic E-state index is -0.125. The Morgan fingerprint density at radius 2 is 0.882 bits per heavy atom. The van der Waals surface area contributed by atoms with Crippen LogP contribution in [0.5, 0.6) is 0 Å². The zero-order chi connectivity index (χ0) is 45.3. The van der Waals surface area contributed by atoms with Gasteiger partial charge in [0.15, 0.2) is 5.82 Å². The molecule has 0 unspecified atom stereocenters. The molecule has 0 radical (unpaired) electrons. The van der Waals surface area contributed by atoms with Gasteiger partial charge >= 0.3 is 0 Å². The molecule has 2 heterocycles. The molecule has 13 rings (SSSR count). The van der Waals surface area contributed by atoms with Gasteiger partial charge in [-0.3, -0.25) is 0 Å². The number of para-hydroxylation sites is 3. The molecule has 10 aromatic carbocycles. The molecule has 0 N–H and O–H groups in total. The van der Waals surface area contributed by atoms with Crippen molar-refractivity contribution < 1.29 is 0 Å². The van der Waals surface area contributed by atoms with Crippen molar-refractivity contribution in [1.29, 1.82) is 0 Å². The average Bonchev–Trinajstić information content (AvgIpc) is 3.85. The Labute approximate surface area is 396 Å². The Balaban J connectivity index is 0.908. The highest BCUT2D eigenvalue weighted by molar-refractivity contribution is 6.10. The Morgan fingerprint density at radius 3 is 1.63 bits per heavy atom. The normalized spacial score (nSPS) is 12.7. The number of benzene rings is 10. The Morgan fingerprint density at radius 1 is 0.338 bits per heavy atom. The highest BCUT2D eigenvalue weighted by Crippen LogP contribution is 2.53. The van der Waals surface area contributed by atoms with E-state index in [1.165, 1.54) is 66.0 Å². The molecule has 12 aromatic rings. The number of rotatable bonds is 7. The first kappa shape index (κ1) is 39.7. The van der Waals surface area contributed by atoms with Gasteiger partial charge in [-0.05, 0) is 103 Å². The molecule has 320 valence electrons. The number of hydrogen-bond acceptors (Lipinski definition) is 2. The number of fused-ring (bicyclic) bond motifs is 7. The van der Waals surface area contributed by atoms with Gasteiger partial charge < -0.3 is 4.57 Å². The Bertz CT molecular complexity index is 3880. The molecule has 1 aliphatic carbocycles. The van der Waals surface area contributed by atoms with E-state index in [0.717, 1.165) is 56.0 Å². The molecule has 0 spiro atoms. The van der Waals surface area contributed by atoms with E-state index >= 15 is 0 Å². The van der Waals surface area contributed by atoms with Gasteiger partial charge in [0.2, 0.25) is 0 Å². The van der Waals surface area contributed by atoms with E-state index in [1.54, 1.807) is 0 Å². The lowest BCUT2D eigenvalue weighted by molar-refractivity contribution is 0.661. The van der Waals surface area contributed by atoms with Crippen LogP contribution in [0.25, 0.3) is 117 Å². The van der Waals surface area contributed by atoms with Crippen LogP contribution in [0.1, 0.15) is 25.0 Å². The van der Waals surface area contributed by atoms with E-state index in [0.29, 0.717) is 5.82 Å². The summed E-state index contributed by atoms with van der Waals surface area (Å²) in [4.78, 5) is 10.6. The van der Waals surface area contributed by atoms with Crippen LogP contribution in [0.2, 0.25) is 0 Å². The smallest absolute Gasteiger partial charge is 0.160 e. The van der Waals surface area contributed by atoms with E-state index in [1.807, 2.05) is 6.07 Å². The molecule has 0 bridgehead atoms. The maximum Gasteiger partial charge on any atom is 0.160 e. The fourth-order valence-electron chi connectivity index (χ4n) is 10.9. The third-order valence-corrected chi connectivity index (χ3v) is 14.2. The lowest BCUT2D eigenvalue weighted by Gasteiger charge is -2.22. The van der Waals surface area contributed by atoms with E-state index < -0.39 is 0 Å². The second-order valence-corrected chi connectivity index (χ2v) is 18.5. The minimum Gasteiger partial charge on any atom is -0.309 e. The van der Waals surface area contributed by atoms with Gasteiger partial charge in [-0.25, -0.2) is 9.97 Å². The monoisotopic (exact) mass is 867 g/mol. The summed E-state index contributed by atoms with van der Waals surface area (Å²) < 4.78 is 2.41. The quantitative estimate of drug-likeness (QED) is 0.160. The summed E-state index contributed by atoms with van der Waals surface area (Å²) in [5, 5.41) is 5.05. The topological polar surface area (TPSA) is 30.7 Å². The summed E-state index contributed by atoms with van der Waals surface area (Å²) in [5.74, 6) is 0.693. The van der Waals surface area contributed by atoms with Crippen LogP contribution < -0.4 is 0 Å². The molecule has 0 saturated carbocycles. The van der Waals surface area contributed by atoms with Crippen molar-refractivity contribution in [2.75, 3.05) is 0 Å². The van der Waals surface area contributed by atoms with Gasteiger partial charge in [0.25, 0.3) is 0 Å². The Hall–Kier alpha value is -8.66. The van der Waals surface area contributed by atoms with Crippen molar-refractivity contribution in [1.82, 2.24) is 14.5 Å². The van der Waals surface area contributed by atoms with Crippen molar-refractivity contribution in [2.45, 2.75) is 19.3 Å². The summed E-state index contributed by atoms with van der Waals surface area (Å²) in [7, 11) is 0. The molecule has 0 amide bonds. The van der Waals surface area contributed by atoms with Crippen LogP contribution in [0, 0.1) is 0 Å². The molecule has 3 heteroatoms. The first-order chi connectivity index (χ1) is 33.5. The van der Waals surface area contributed by atoms with Crippen molar-refractivity contribution in [2.24, 2.45) is 0 Å². The summed E-state index contributed by atoms with van der Waals surface area (Å²) in [6.07, 6.45) is 0. The second kappa shape index (κ2) is 15.8. The summed E-state index contributed by atoms with van der Waals surface area (Å²) in [5.41, 5.74) is 20.6. The van der Waals surface area contributed by atoms with E-state index in [2.05, 4.69) is 249 Å². The molecule has 68 heavy (non-hydrogen) atoms. The summed E-state index contributed by atoms with van der Waals surface area (Å²) in [6, 6.07) is 85.5. The lowest BCUT2D eigenvalue weighted by Crippen LogP contribution is -2.14. The second-order valence-electron chi connectivity index (χ2n) is 18.5. The van der Waals surface area contributed by atoms with Crippen LogP contribution in [-0.2, 0) is 5.41 Å². The van der Waals surface area contributed by atoms with Crippen molar-refractivity contribution >= 4 is 32.6 Å². The fourth-order valence-corrected chi connectivity index (χ4v) is 10.9. The number of aromatic nitrogens is 3. The van der Waals surface area contributed by atoms with Crippen LogP contribution >= 0.6 is 0 Å². The lowest BCUT2D eigenvalue weighted by atomic mass is 9.81. The standard InChI is InChI=1S/C65H45N3/c1-65(2)56-30-17-29-51(63(56)55-39-45-20-6-7-21-46(45)40-57(55)65)47-22-16-23-48(38-47)58-41-59(67-64(66-58)44-18-4-3-5-19-44)52-26-9-8-24-49(52)42-34-36-43(37-35-42)50-25-10-13-31-60(50)68-61-32-14-11-27-53(61)54-28-12-15-33-62(54)68/h3-41H,1-2H3. The minimum absolute atomic E-state index is 0.125. The zero-order valence-electron chi connectivity index (χ0n) is 37.9. The van der Waals surface area contributed by atoms with Gasteiger partial charge in [-0.15, -0.1) is 0 Å². The van der Waals surface area contributed by atoms with Crippen molar-refractivity contribution in [3.8, 4) is 84.1 Å². The van der Waals surface area contributed by atoms with Crippen molar-refractivity contribution in [3.63, 3.8) is 0 Å².